The van der Waals surface area contributed by atoms with Gasteiger partial charge in [-0.3, -0.25) is 13.2 Å². The molecule has 0 bridgehead atoms. The number of halogens is 2. The van der Waals surface area contributed by atoms with Gasteiger partial charge in [-0.15, -0.1) is 0 Å². The molecule has 0 saturated carbocycles. The highest BCUT2D eigenvalue weighted by atomic mass is 35.5. The van der Waals surface area contributed by atoms with E-state index in [2.05, 4.69) is 16.5 Å². The first-order valence-electron chi connectivity index (χ1n) is 6.92. The predicted molar refractivity (Wildman–Crippen MR) is 94.7 cm³/mol. The molecule has 0 spiro atoms. The summed E-state index contributed by atoms with van der Waals surface area (Å²) in [4.78, 5) is 7.85. The number of nitrogens with zero attached hydrogens (tertiary/aromatic N) is 3. The second kappa shape index (κ2) is 6.75. The lowest BCUT2D eigenvalue weighted by atomic mass is 10.1. The molecule has 3 aromatic heterocycles. The minimum atomic E-state index is -2.72. The summed E-state index contributed by atoms with van der Waals surface area (Å²) in [5.74, 6) is -0.770. The van der Waals surface area contributed by atoms with Crippen molar-refractivity contribution in [3.63, 3.8) is 0 Å². The predicted octanol–water partition coefficient (Wildman–Crippen LogP) is 1.06. The molecule has 1 unspecified atom stereocenters. The summed E-state index contributed by atoms with van der Waals surface area (Å²) >= 11 is 3.34. The molecule has 0 aliphatic rings. The normalized spacial score (nSPS) is 14.2. The van der Waals surface area contributed by atoms with Crippen LogP contribution in [0.4, 0.5) is 4.39 Å². The Morgan fingerprint density at radius 1 is 1.48 bits per heavy atom. The van der Waals surface area contributed by atoms with Crippen LogP contribution in [0.1, 0.15) is 5.56 Å². The third-order valence-corrected chi connectivity index (χ3v) is 4.60. The van der Waals surface area contributed by atoms with E-state index >= 15 is 0 Å². The van der Waals surface area contributed by atoms with Crippen LogP contribution < -0.4 is 16.3 Å². The van der Waals surface area contributed by atoms with Gasteiger partial charge in [0.05, 0.1) is 27.8 Å². The van der Waals surface area contributed by atoms with Crippen molar-refractivity contribution in [2.24, 2.45) is 5.73 Å². The maximum Gasteiger partial charge on any atom is 0.160 e. The van der Waals surface area contributed by atoms with Crippen molar-refractivity contribution >= 4 is 51.7 Å². The van der Waals surface area contributed by atoms with Crippen molar-refractivity contribution < 1.29 is 13.2 Å². The quantitative estimate of drug-likeness (QED) is 0.688. The first-order chi connectivity index (χ1) is 12.0. The smallest absolute Gasteiger partial charge is 0.160 e. The molecule has 2 N–H and O–H groups in total. The number of fused-ring (bicyclic) bond motifs is 1. The number of aromatic nitrogens is 3. The summed E-state index contributed by atoms with van der Waals surface area (Å²) in [5, 5.41) is 0.288. The highest BCUT2D eigenvalue weighted by Gasteiger charge is 2.16. The van der Waals surface area contributed by atoms with Crippen LogP contribution in [0.5, 0.6) is 0 Å². The topological polar surface area (TPSA) is 96.9 Å². The zero-order valence-electron chi connectivity index (χ0n) is 12.6. The molecule has 3 heterocycles. The number of rotatable bonds is 3. The second-order valence-electron chi connectivity index (χ2n) is 5.01. The molecular weight excluding hydrogens is 367 g/mol. The van der Waals surface area contributed by atoms with E-state index in [9.17, 15) is 13.2 Å². The number of hydrogen-bond donors (Lipinski definition) is 1. The Morgan fingerprint density at radius 2 is 2.24 bits per heavy atom. The van der Waals surface area contributed by atoms with Crippen LogP contribution in [0.2, 0.25) is 5.02 Å². The summed E-state index contributed by atoms with van der Waals surface area (Å²) < 4.78 is 38.0. The fourth-order valence-electron chi connectivity index (χ4n) is 2.47. The number of nitrogens with two attached hydrogens (primary N) is 1. The maximum atomic E-state index is 13.9. The van der Waals surface area contributed by atoms with Crippen LogP contribution >= 0.6 is 11.6 Å². The lowest BCUT2D eigenvalue weighted by molar-refractivity contribution is 0.528. The van der Waals surface area contributed by atoms with Crippen LogP contribution in [0.3, 0.4) is 0 Å². The molecule has 0 amide bonds. The molecule has 9 heteroatoms. The van der Waals surface area contributed by atoms with Crippen LogP contribution in [0, 0.1) is 5.82 Å². The van der Waals surface area contributed by atoms with E-state index in [4.69, 9.17) is 17.3 Å². The van der Waals surface area contributed by atoms with E-state index in [0.717, 1.165) is 16.4 Å². The van der Waals surface area contributed by atoms with Crippen LogP contribution in [0.15, 0.2) is 37.3 Å². The van der Waals surface area contributed by atoms with Crippen molar-refractivity contribution in [3.8, 4) is 0 Å². The van der Waals surface area contributed by atoms with Crippen molar-refractivity contribution in [2.75, 3.05) is 0 Å². The molecule has 0 aliphatic heterocycles. The zero-order valence-corrected chi connectivity index (χ0v) is 14.2. The average molecular weight is 378 g/mol. The largest absolute Gasteiger partial charge is 0.755 e. The summed E-state index contributed by atoms with van der Waals surface area (Å²) in [6, 6.07) is 3.51. The molecule has 0 radical (unpaired) electrons. The summed E-state index contributed by atoms with van der Waals surface area (Å²) in [6.45, 7) is 3.94. The molecule has 25 heavy (non-hydrogen) atoms. The van der Waals surface area contributed by atoms with Gasteiger partial charge in [-0.25, -0.2) is 9.37 Å². The van der Waals surface area contributed by atoms with E-state index in [1.807, 2.05) is 0 Å². The minimum absolute atomic E-state index is 0.0262. The maximum absolute atomic E-state index is 13.9. The Hall–Kier alpha value is -2.55. The first kappa shape index (κ1) is 17.3. The van der Waals surface area contributed by atoms with E-state index in [-0.39, 0.29) is 21.4 Å². The van der Waals surface area contributed by atoms with Gasteiger partial charge in [-0.2, -0.15) is 0 Å². The average Bonchev–Trinajstić information content (AvgIpc) is 2.93. The lowest BCUT2D eigenvalue weighted by Crippen LogP contribution is -2.32. The fraction of sp³-hybridized carbons (Fsp3) is 0. The van der Waals surface area contributed by atoms with Gasteiger partial charge in [0.1, 0.15) is 0 Å². The van der Waals surface area contributed by atoms with Crippen LogP contribution in [0.25, 0.3) is 28.9 Å². The van der Waals surface area contributed by atoms with Gasteiger partial charge >= 0.3 is 0 Å². The molecule has 0 fully saturated rings. The van der Waals surface area contributed by atoms with E-state index in [1.165, 1.54) is 0 Å². The SMILES string of the molecule is C=C(/C=c1\c(=C/N)n(S(=O)[O-])c2ncc(F)c(Cl)c12)c1cccnc1. The number of hydrogen-bond acceptors (Lipinski definition) is 5. The van der Waals surface area contributed by atoms with E-state index < -0.39 is 17.1 Å². The Labute approximate surface area is 149 Å². The van der Waals surface area contributed by atoms with E-state index in [1.54, 1.807) is 30.6 Å². The molecule has 3 rings (SSSR count). The summed E-state index contributed by atoms with van der Waals surface area (Å²) in [7, 11) is 0. The molecular formula is C16H11ClFN4O2S-. The molecule has 0 aromatic carbocycles. The molecule has 1 atom stereocenters. The van der Waals surface area contributed by atoms with Gasteiger partial charge in [0.2, 0.25) is 0 Å². The lowest BCUT2D eigenvalue weighted by Gasteiger charge is -2.07. The minimum Gasteiger partial charge on any atom is -0.755 e. The van der Waals surface area contributed by atoms with Gasteiger partial charge in [-0.1, -0.05) is 24.2 Å². The van der Waals surface area contributed by atoms with Gasteiger partial charge in [0.15, 0.2) is 11.5 Å². The third-order valence-electron chi connectivity index (χ3n) is 3.57. The van der Waals surface area contributed by atoms with Crippen LogP contribution in [-0.4, -0.2) is 22.7 Å². The standard InChI is InChI=1S/C16H12ClFN4O2S/c1-9(10-3-2-4-20-7-10)5-11-13(6-19)22(25(23)24)16-14(11)15(17)12(18)8-21-16/h2-8H,1,19H2,(H,23,24)/p-1/b11-5+,13-6+. The number of allylic oxidation sites excluding steroid dienone is 1. The first-order valence-corrected chi connectivity index (χ1v) is 8.33. The van der Waals surface area contributed by atoms with Crippen molar-refractivity contribution in [1.82, 2.24) is 13.9 Å². The van der Waals surface area contributed by atoms with Crippen molar-refractivity contribution in [3.05, 3.63) is 64.3 Å². The Bertz CT molecular complexity index is 1130. The van der Waals surface area contributed by atoms with Gasteiger partial charge in [0.25, 0.3) is 0 Å². The Kier molecular flexibility index (Phi) is 4.67. The summed E-state index contributed by atoms with van der Waals surface area (Å²) in [5.41, 5.74) is 6.81. The zero-order chi connectivity index (χ0) is 18.1. The molecule has 0 saturated heterocycles. The monoisotopic (exact) mass is 377 g/mol. The second-order valence-corrected chi connectivity index (χ2v) is 6.18. The Balaban J connectivity index is 2.46. The fourth-order valence-corrected chi connectivity index (χ4v) is 3.30. The molecule has 3 aromatic rings. The van der Waals surface area contributed by atoms with Gasteiger partial charge in [0, 0.05) is 29.2 Å². The molecule has 6 nitrogen and oxygen atoms in total. The van der Waals surface area contributed by atoms with Crippen LogP contribution in [-0.2, 0) is 11.3 Å². The summed E-state index contributed by atoms with van der Waals surface area (Å²) in [6.07, 6.45) is 6.71. The third kappa shape index (κ3) is 2.95. The highest BCUT2D eigenvalue weighted by molar-refractivity contribution is 7.77. The molecule has 128 valence electrons. The Morgan fingerprint density at radius 3 is 2.84 bits per heavy atom. The number of pyridine rings is 2. The van der Waals surface area contributed by atoms with E-state index in [0.29, 0.717) is 16.4 Å². The van der Waals surface area contributed by atoms with Crippen molar-refractivity contribution in [1.29, 1.82) is 0 Å². The van der Waals surface area contributed by atoms with Crippen molar-refractivity contribution in [2.45, 2.75) is 0 Å². The van der Waals surface area contributed by atoms with Gasteiger partial charge < -0.3 is 10.3 Å². The highest BCUT2D eigenvalue weighted by Crippen LogP contribution is 2.22. The van der Waals surface area contributed by atoms with Gasteiger partial charge in [-0.05, 0) is 23.3 Å². The molecule has 0 aliphatic carbocycles.